The molecule has 0 fully saturated rings. The van der Waals surface area contributed by atoms with Crippen molar-refractivity contribution in [3.63, 3.8) is 0 Å². The quantitative estimate of drug-likeness (QED) is 0.645. The van der Waals surface area contributed by atoms with E-state index in [1.807, 2.05) is 24.3 Å². The number of carbonyl (C=O) groups excluding carboxylic acids is 2. The molecule has 0 aliphatic rings. The fourth-order valence-corrected chi connectivity index (χ4v) is 2.68. The fraction of sp³-hybridized carbons (Fsp3) is 0.136. The van der Waals surface area contributed by atoms with Crippen LogP contribution in [0.2, 0.25) is 0 Å². The molecule has 0 atom stereocenters. The van der Waals surface area contributed by atoms with E-state index in [0.29, 0.717) is 11.3 Å². The second-order valence-electron chi connectivity index (χ2n) is 6.39. The Morgan fingerprint density at radius 1 is 1.00 bits per heavy atom. The van der Waals surface area contributed by atoms with Gasteiger partial charge in [-0.05, 0) is 53.9 Å². The molecule has 3 N–H and O–H groups in total. The number of benzene rings is 2. The molecular weight excluding hydrogens is 370 g/mol. The SMILES string of the molecule is CCc1ccc(COn2cccc(C(=O)Nc3ccc(C(N)=O)cc3)c2=O)cc1. The number of rotatable bonds is 7. The van der Waals surface area contributed by atoms with Crippen molar-refractivity contribution in [2.24, 2.45) is 5.73 Å². The normalized spacial score (nSPS) is 10.4. The summed E-state index contributed by atoms with van der Waals surface area (Å²) in [6, 6.07) is 16.9. The standard InChI is InChI=1S/C22H21N3O4/c1-2-15-5-7-16(8-6-15)14-29-25-13-3-4-19(22(25)28)21(27)24-18-11-9-17(10-12-18)20(23)26/h3-13H,2,14H2,1H3,(H2,23,26)(H,24,27). The third-order valence-electron chi connectivity index (χ3n) is 4.39. The molecular formula is C22H21N3O4. The summed E-state index contributed by atoms with van der Waals surface area (Å²) in [6.45, 7) is 2.28. The van der Waals surface area contributed by atoms with E-state index >= 15 is 0 Å². The molecule has 0 radical (unpaired) electrons. The van der Waals surface area contributed by atoms with E-state index in [-0.39, 0.29) is 12.2 Å². The largest absolute Gasteiger partial charge is 0.406 e. The molecule has 29 heavy (non-hydrogen) atoms. The van der Waals surface area contributed by atoms with Crippen LogP contribution in [0.4, 0.5) is 5.69 Å². The second kappa shape index (κ2) is 8.88. The maximum atomic E-state index is 12.6. The molecule has 1 aromatic heterocycles. The van der Waals surface area contributed by atoms with Crippen molar-refractivity contribution < 1.29 is 14.4 Å². The number of amides is 2. The van der Waals surface area contributed by atoms with Crippen LogP contribution in [0.15, 0.2) is 71.7 Å². The molecule has 7 nitrogen and oxygen atoms in total. The van der Waals surface area contributed by atoms with Crippen LogP contribution in [-0.4, -0.2) is 16.5 Å². The predicted molar refractivity (Wildman–Crippen MR) is 110 cm³/mol. The average Bonchev–Trinajstić information content (AvgIpc) is 2.73. The number of nitrogens with zero attached hydrogens (tertiary/aromatic N) is 1. The highest BCUT2D eigenvalue weighted by atomic mass is 16.7. The second-order valence-corrected chi connectivity index (χ2v) is 6.39. The monoisotopic (exact) mass is 391 g/mol. The number of primary amides is 1. The van der Waals surface area contributed by atoms with Gasteiger partial charge in [0.15, 0.2) is 0 Å². The molecule has 0 bridgehead atoms. The zero-order valence-corrected chi connectivity index (χ0v) is 15.9. The van der Waals surface area contributed by atoms with Gasteiger partial charge < -0.3 is 15.9 Å². The van der Waals surface area contributed by atoms with Crippen LogP contribution in [0.1, 0.15) is 38.8 Å². The van der Waals surface area contributed by atoms with Gasteiger partial charge in [0.1, 0.15) is 12.2 Å². The van der Waals surface area contributed by atoms with E-state index in [2.05, 4.69) is 12.2 Å². The number of aromatic nitrogens is 1. The van der Waals surface area contributed by atoms with Crippen molar-refractivity contribution in [3.05, 3.63) is 99.5 Å². The Balaban J connectivity index is 1.70. The smallest absolute Gasteiger partial charge is 0.295 e. The first-order chi connectivity index (χ1) is 14.0. The van der Waals surface area contributed by atoms with Gasteiger partial charge in [-0.3, -0.25) is 14.4 Å². The van der Waals surface area contributed by atoms with Gasteiger partial charge in [-0.15, -0.1) is 0 Å². The predicted octanol–water partition coefficient (Wildman–Crippen LogP) is 2.39. The summed E-state index contributed by atoms with van der Waals surface area (Å²) in [5.74, 6) is -1.14. The number of hydrogen-bond donors (Lipinski definition) is 2. The minimum atomic E-state index is -0.577. The van der Waals surface area contributed by atoms with Gasteiger partial charge in [-0.2, -0.15) is 4.73 Å². The maximum Gasteiger partial charge on any atom is 0.295 e. The lowest BCUT2D eigenvalue weighted by molar-refractivity contribution is 0.0863. The lowest BCUT2D eigenvalue weighted by atomic mass is 10.1. The molecule has 0 spiro atoms. The number of nitrogens with two attached hydrogens (primary N) is 1. The van der Waals surface area contributed by atoms with Gasteiger partial charge in [0.25, 0.3) is 11.5 Å². The van der Waals surface area contributed by atoms with Gasteiger partial charge in [-0.25, -0.2) is 0 Å². The first kappa shape index (κ1) is 19.9. The van der Waals surface area contributed by atoms with Crippen LogP contribution < -0.4 is 21.4 Å². The highest BCUT2D eigenvalue weighted by Gasteiger charge is 2.13. The fourth-order valence-electron chi connectivity index (χ4n) is 2.68. The molecule has 148 valence electrons. The maximum absolute atomic E-state index is 12.6. The van der Waals surface area contributed by atoms with E-state index in [4.69, 9.17) is 10.6 Å². The van der Waals surface area contributed by atoms with Crippen LogP contribution in [-0.2, 0) is 13.0 Å². The summed E-state index contributed by atoms with van der Waals surface area (Å²) in [5, 5.41) is 2.62. The van der Waals surface area contributed by atoms with Crippen molar-refractivity contribution in [2.45, 2.75) is 20.0 Å². The average molecular weight is 391 g/mol. The molecule has 0 aliphatic carbocycles. The van der Waals surface area contributed by atoms with Crippen molar-refractivity contribution in [1.82, 2.24) is 4.73 Å². The third-order valence-corrected chi connectivity index (χ3v) is 4.39. The number of nitrogens with one attached hydrogen (secondary N) is 1. The van der Waals surface area contributed by atoms with E-state index < -0.39 is 17.4 Å². The molecule has 0 saturated heterocycles. The third kappa shape index (κ3) is 4.90. The Morgan fingerprint density at radius 2 is 1.66 bits per heavy atom. The number of hydrogen-bond acceptors (Lipinski definition) is 4. The number of aryl methyl sites for hydroxylation is 1. The number of anilines is 1. The molecule has 2 aromatic carbocycles. The molecule has 7 heteroatoms. The first-order valence-electron chi connectivity index (χ1n) is 9.12. The first-order valence-corrected chi connectivity index (χ1v) is 9.12. The summed E-state index contributed by atoms with van der Waals surface area (Å²) in [6.07, 6.45) is 2.41. The van der Waals surface area contributed by atoms with Crippen LogP contribution in [0, 0.1) is 0 Å². The number of pyridine rings is 1. The summed E-state index contributed by atoms with van der Waals surface area (Å²) in [5.41, 5.74) is 7.46. The summed E-state index contributed by atoms with van der Waals surface area (Å²) >= 11 is 0. The molecule has 0 unspecified atom stereocenters. The van der Waals surface area contributed by atoms with Crippen molar-refractivity contribution in [1.29, 1.82) is 0 Å². The lowest BCUT2D eigenvalue weighted by Gasteiger charge is -2.11. The Bertz CT molecular complexity index is 1070. The molecule has 3 aromatic rings. The molecule has 2 amide bonds. The Morgan fingerprint density at radius 3 is 2.28 bits per heavy atom. The van der Waals surface area contributed by atoms with E-state index in [1.165, 1.54) is 42.1 Å². The van der Waals surface area contributed by atoms with Crippen LogP contribution >= 0.6 is 0 Å². The van der Waals surface area contributed by atoms with Gasteiger partial charge >= 0.3 is 0 Å². The molecule has 1 heterocycles. The van der Waals surface area contributed by atoms with Crippen molar-refractivity contribution in [3.8, 4) is 0 Å². The van der Waals surface area contributed by atoms with E-state index in [0.717, 1.165) is 16.7 Å². The van der Waals surface area contributed by atoms with Crippen LogP contribution in [0.5, 0.6) is 0 Å². The van der Waals surface area contributed by atoms with Gasteiger partial charge in [0, 0.05) is 17.4 Å². The van der Waals surface area contributed by atoms with E-state index in [9.17, 15) is 14.4 Å². The number of carbonyl (C=O) groups is 2. The zero-order valence-electron chi connectivity index (χ0n) is 15.9. The van der Waals surface area contributed by atoms with Gasteiger partial charge in [0.2, 0.25) is 5.91 Å². The van der Waals surface area contributed by atoms with Crippen LogP contribution in [0.3, 0.4) is 0 Å². The highest BCUT2D eigenvalue weighted by molar-refractivity contribution is 6.04. The topological polar surface area (TPSA) is 103 Å². The van der Waals surface area contributed by atoms with Crippen molar-refractivity contribution >= 4 is 17.5 Å². The van der Waals surface area contributed by atoms with Crippen molar-refractivity contribution in [2.75, 3.05) is 5.32 Å². The Kier molecular flexibility index (Phi) is 6.09. The van der Waals surface area contributed by atoms with Crippen LogP contribution in [0.25, 0.3) is 0 Å². The molecule has 0 saturated carbocycles. The summed E-state index contributed by atoms with van der Waals surface area (Å²) in [7, 11) is 0. The Hall–Kier alpha value is -3.87. The lowest BCUT2D eigenvalue weighted by Crippen LogP contribution is -2.32. The summed E-state index contributed by atoms with van der Waals surface area (Å²) in [4.78, 5) is 41.7. The molecule has 0 aliphatic heterocycles. The minimum absolute atomic E-state index is 0.0622. The highest BCUT2D eigenvalue weighted by Crippen LogP contribution is 2.10. The zero-order chi connectivity index (χ0) is 20.8. The Labute approximate surface area is 167 Å². The summed E-state index contributed by atoms with van der Waals surface area (Å²) < 4.78 is 1.04. The molecule has 3 rings (SSSR count). The minimum Gasteiger partial charge on any atom is -0.406 e. The van der Waals surface area contributed by atoms with Gasteiger partial charge in [-0.1, -0.05) is 31.2 Å². The van der Waals surface area contributed by atoms with E-state index in [1.54, 1.807) is 6.07 Å². The van der Waals surface area contributed by atoms with Gasteiger partial charge in [0.05, 0.1) is 0 Å².